The van der Waals surface area contributed by atoms with E-state index in [0.717, 1.165) is 12.0 Å². The number of alkyl halides is 4. The van der Waals surface area contributed by atoms with Crippen LogP contribution in [0, 0.1) is 0 Å². The number of amides is 1. The van der Waals surface area contributed by atoms with E-state index in [-0.39, 0.29) is 18.8 Å². The molecule has 0 unspecified atom stereocenters. The van der Waals surface area contributed by atoms with Crippen LogP contribution < -0.4 is 0 Å². The fourth-order valence-electron chi connectivity index (χ4n) is 1.59. The highest BCUT2D eigenvalue weighted by molar-refractivity contribution is 6.27. The third kappa shape index (κ3) is 2.20. The van der Waals surface area contributed by atoms with Crippen molar-refractivity contribution in [2.45, 2.75) is 18.2 Å². The lowest BCUT2D eigenvalue weighted by atomic mass is 10.0. The summed E-state index contributed by atoms with van der Waals surface area (Å²) in [6, 6.07) is 0. The summed E-state index contributed by atoms with van der Waals surface area (Å²) in [7, 11) is 1.00. The molecule has 0 N–H and O–H groups in total. The molecule has 0 aromatic carbocycles. The lowest BCUT2D eigenvalue weighted by molar-refractivity contribution is -0.263. The fraction of sp³-hybridized carbons (Fsp3) is 0.875. The maximum atomic E-state index is 12.7. The van der Waals surface area contributed by atoms with Gasteiger partial charge in [0.05, 0.1) is 6.54 Å². The van der Waals surface area contributed by atoms with Crippen molar-refractivity contribution in [1.82, 2.24) is 4.90 Å². The number of likely N-dealkylation sites (tertiary alicyclic amines) is 1. The van der Waals surface area contributed by atoms with Gasteiger partial charge in [-0.3, -0.25) is 4.79 Å². The largest absolute Gasteiger partial charge is 0.419 e. The van der Waals surface area contributed by atoms with E-state index < -0.39 is 24.2 Å². The van der Waals surface area contributed by atoms with Crippen molar-refractivity contribution in [3.63, 3.8) is 0 Å². The first-order valence-corrected chi connectivity index (χ1v) is 4.85. The maximum absolute atomic E-state index is 12.7. The van der Waals surface area contributed by atoms with Crippen molar-refractivity contribution < 1.29 is 22.7 Å². The molecule has 0 spiro atoms. The maximum Gasteiger partial charge on any atom is 0.419 e. The molecule has 1 aliphatic rings. The summed E-state index contributed by atoms with van der Waals surface area (Å²) in [6.45, 7) is -0.447. The summed E-state index contributed by atoms with van der Waals surface area (Å²) in [5.41, 5.74) is -2.23. The number of nitrogens with zero attached hydrogens (tertiary/aromatic N) is 1. The molecular formula is C8H11ClF3NO2. The summed E-state index contributed by atoms with van der Waals surface area (Å²) in [6.07, 6.45) is -4.71. The van der Waals surface area contributed by atoms with Crippen LogP contribution in [-0.2, 0) is 9.53 Å². The second-order valence-corrected chi connectivity index (χ2v) is 3.66. The molecule has 7 heteroatoms. The Balaban J connectivity index is 2.78. The van der Waals surface area contributed by atoms with E-state index in [0.29, 0.717) is 0 Å². The van der Waals surface area contributed by atoms with Gasteiger partial charge in [-0.05, 0) is 0 Å². The van der Waals surface area contributed by atoms with E-state index in [2.05, 4.69) is 4.74 Å². The topological polar surface area (TPSA) is 29.5 Å². The van der Waals surface area contributed by atoms with E-state index in [4.69, 9.17) is 11.6 Å². The Morgan fingerprint density at radius 3 is 2.53 bits per heavy atom. The van der Waals surface area contributed by atoms with Crippen molar-refractivity contribution in [3.05, 3.63) is 0 Å². The Hall–Kier alpha value is -0.490. The normalized spacial score (nSPS) is 27.1. The zero-order valence-electron chi connectivity index (χ0n) is 8.10. The Bertz CT molecular complexity index is 259. The fourth-order valence-corrected chi connectivity index (χ4v) is 1.76. The first-order valence-electron chi connectivity index (χ1n) is 4.32. The van der Waals surface area contributed by atoms with Gasteiger partial charge in [-0.1, -0.05) is 0 Å². The van der Waals surface area contributed by atoms with Crippen LogP contribution in [0.1, 0.15) is 6.42 Å². The molecule has 0 aromatic heterocycles. The second-order valence-electron chi connectivity index (χ2n) is 3.40. The molecule has 1 fully saturated rings. The van der Waals surface area contributed by atoms with Crippen molar-refractivity contribution in [2.75, 3.05) is 26.1 Å². The molecule has 1 rings (SSSR count). The predicted octanol–water partition coefficient (Wildman–Crippen LogP) is 1.41. The molecule has 0 aliphatic carbocycles. The number of halogens is 4. The molecule has 88 valence electrons. The smallest absolute Gasteiger partial charge is 0.367 e. The highest BCUT2D eigenvalue weighted by Gasteiger charge is 2.59. The molecule has 15 heavy (non-hydrogen) atoms. The van der Waals surface area contributed by atoms with Crippen LogP contribution in [-0.4, -0.2) is 48.7 Å². The van der Waals surface area contributed by atoms with Crippen molar-refractivity contribution in [1.29, 1.82) is 0 Å². The van der Waals surface area contributed by atoms with Gasteiger partial charge >= 0.3 is 6.18 Å². The number of hydrogen-bond acceptors (Lipinski definition) is 2. The molecule has 0 radical (unpaired) electrons. The Kier molecular flexibility index (Phi) is 3.50. The monoisotopic (exact) mass is 245 g/mol. The molecule has 0 bridgehead atoms. The summed E-state index contributed by atoms with van der Waals surface area (Å²) in [5, 5.41) is 0. The van der Waals surface area contributed by atoms with Gasteiger partial charge in [-0.25, -0.2) is 0 Å². The average Bonchev–Trinajstić information content (AvgIpc) is 2.61. The zero-order valence-corrected chi connectivity index (χ0v) is 8.86. The number of rotatable bonds is 2. The third-order valence-electron chi connectivity index (χ3n) is 2.61. The molecule has 1 heterocycles. The quantitative estimate of drug-likeness (QED) is 0.689. The second kappa shape index (κ2) is 4.17. The van der Waals surface area contributed by atoms with Crippen LogP contribution in [0.4, 0.5) is 13.2 Å². The number of ether oxygens (including phenoxy) is 1. The standard InChI is InChI=1S/C8H11ClF3NO2/c1-15-7(8(10,11)12)2-3-13(5-7)6(14)4-9/h2-5H2,1H3/t7-/m0/s1. The van der Waals surface area contributed by atoms with E-state index in [9.17, 15) is 18.0 Å². The van der Waals surface area contributed by atoms with E-state index in [1.54, 1.807) is 0 Å². The van der Waals surface area contributed by atoms with Crippen LogP contribution in [0.15, 0.2) is 0 Å². The van der Waals surface area contributed by atoms with Crippen LogP contribution in [0.2, 0.25) is 0 Å². The van der Waals surface area contributed by atoms with Gasteiger partial charge in [-0.2, -0.15) is 13.2 Å². The third-order valence-corrected chi connectivity index (χ3v) is 2.83. The highest BCUT2D eigenvalue weighted by Crippen LogP contribution is 2.40. The average molecular weight is 246 g/mol. The van der Waals surface area contributed by atoms with Gasteiger partial charge in [0, 0.05) is 20.1 Å². The summed E-state index contributed by atoms with van der Waals surface area (Å²) >= 11 is 5.27. The molecule has 1 aliphatic heterocycles. The molecule has 0 aromatic rings. The zero-order chi connectivity index (χ0) is 11.7. The van der Waals surface area contributed by atoms with Crippen molar-refractivity contribution in [2.24, 2.45) is 0 Å². The van der Waals surface area contributed by atoms with Crippen LogP contribution in [0.5, 0.6) is 0 Å². The van der Waals surface area contributed by atoms with Gasteiger partial charge < -0.3 is 9.64 Å². The van der Waals surface area contributed by atoms with Crippen LogP contribution in [0.25, 0.3) is 0 Å². The molecular weight excluding hydrogens is 235 g/mol. The molecule has 1 saturated heterocycles. The summed E-state index contributed by atoms with van der Waals surface area (Å²) in [4.78, 5) is 12.2. The van der Waals surface area contributed by atoms with E-state index in [1.807, 2.05) is 0 Å². The lowest BCUT2D eigenvalue weighted by Crippen LogP contribution is -2.49. The van der Waals surface area contributed by atoms with Gasteiger partial charge in [-0.15, -0.1) is 11.6 Å². The molecule has 1 amide bonds. The summed E-state index contributed by atoms with van der Waals surface area (Å²) in [5.74, 6) is -0.808. The number of carbonyl (C=O) groups excluding carboxylic acids is 1. The minimum atomic E-state index is -4.47. The molecule has 0 saturated carbocycles. The van der Waals surface area contributed by atoms with E-state index in [1.165, 1.54) is 0 Å². The highest BCUT2D eigenvalue weighted by atomic mass is 35.5. The Labute approximate surface area is 90.1 Å². The first kappa shape index (κ1) is 12.6. The van der Waals surface area contributed by atoms with Crippen LogP contribution >= 0.6 is 11.6 Å². The molecule has 1 atom stereocenters. The lowest BCUT2D eigenvalue weighted by Gasteiger charge is -2.29. The van der Waals surface area contributed by atoms with Crippen LogP contribution in [0.3, 0.4) is 0 Å². The Morgan fingerprint density at radius 2 is 2.20 bits per heavy atom. The summed E-state index contributed by atoms with van der Waals surface area (Å²) < 4.78 is 42.5. The minimum Gasteiger partial charge on any atom is -0.367 e. The molecule has 3 nitrogen and oxygen atoms in total. The Morgan fingerprint density at radius 1 is 1.60 bits per heavy atom. The van der Waals surface area contributed by atoms with Gasteiger partial charge in [0.1, 0.15) is 5.88 Å². The van der Waals surface area contributed by atoms with E-state index >= 15 is 0 Å². The van der Waals surface area contributed by atoms with Crippen molar-refractivity contribution in [3.8, 4) is 0 Å². The van der Waals surface area contributed by atoms with Gasteiger partial charge in [0.25, 0.3) is 0 Å². The first-order chi connectivity index (χ1) is 6.86. The van der Waals surface area contributed by atoms with Crippen molar-refractivity contribution >= 4 is 17.5 Å². The van der Waals surface area contributed by atoms with Gasteiger partial charge in [0.2, 0.25) is 5.91 Å². The SMILES string of the molecule is CO[C@@]1(C(F)(F)F)CCN(C(=O)CCl)C1. The number of carbonyl (C=O) groups is 1. The number of hydrogen-bond donors (Lipinski definition) is 0. The van der Waals surface area contributed by atoms with Gasteiger partial charge in [0.15, 0.2) is 5.60 Å². The minimum absolute atomic E-state index is 0.0267. The predicted molar refractivity (Wildman–Crippen MR) is 47.7 cm³/mol. The number of methoxy groups -OCH3 is 1.